The first-order valence-corrected chi connectivity index (χ1v) is 6.64. The van der Waals surface area contributed by atoms with Gasteiger partial charge in [0.25, 0.3) is 0 Å². The third-order valence-corrected chi connectivity index (χ3v) is 3.66. The SMILES string of the molecule is Cc1ccc(OCCC2CCCCC2)cc1F. The van der Waals surface area contributed by atoms with Gasteiger partial charge in [-0.2, -0.15) is 0 Å². The zero-order valence-electron chi connectivity index (χ0n) is 10.5. The number of hydrogen-bond acceptors (Lipinski definition) is 1. The fourth-order valence-electron chi connectivity index (χ4n) is 2.48. The molecule has 0 aromatic heterocycles. The molecule has 0 heterocycles. The number of rotatable bonds is 4. The molecule has 1 saturated carbocycles. The van der Waals surface area contributed by atoms with Crippen molar-refractivity contribution in [1.29, 1.82) is 0 Å². The first-order chi connectivity index (χ1) is 8.25. The highest BCUT2D eigenvalue weighted by atomic mass is 19.1. The van der Waals surface area contributed by atoms with Gasteiger partial charge in [-0.1, -0.05) is 38.2 Å². The van der Waals surface area contributed by atoms with Gasteiger partial charge in [0, 0.05) is 6.07 Å². The molecule has 0 atom stereocenters. The largest absolute Gasteiger partial charge is 0.493 e. The van der Waals surface area contributed by atoms with Gasteiger partial charge in [0.15, 0.2) is 0 Å². The Bertz CT molecular complexity index is 356. The molecule has 1 aliphatic rings. The highest BCUT2D eigenvalue weighted by Crippen LogP contribution is 2.26. The van der Waals surface area contributed by atoms with E-state index in [-0.39, 0.29) is 5.82 Å². The van der Waals surface area contributed by atoms with Crippen molar-refractivity contribution in [3.8, 4) is 5.75 Å². The first kappa shape index (κ1) is 12.4. The van der Waals surface area contributed by atoms with E-state index in [1.165, 1.54) is 38.2 Å². The summed E-state index contributed by atoms with van der Waals surface area (Å²) in [6, 6.07) is 5.10. The van der Waals surface area contributed by atoms with Gasteiger partial charge in [-0.05, 0) is 30.9 Å². The van der Waals surface area contributed by atoms with Crippen LogP contribution in [-0.4, -0.2) is 6.61 Å². The Balaban J connectivity index is 1.75. The predicted molar refractivity (Wildman–Crippen MR) is 67.8 cm³/mol. The van der Waals surface area contributed by atoms with Crippen molar-refractivity contribution in [2.24, 2.45) is 5.92 Å². The van der Waals surface area contributed by atoms with Crippen LogP contribution in [0.1, 0.15) is 44.1 Å². The smallest absolute Gasteiger partial charge is 0.129 e. The van der Waals surface area contributed by atoms with Gasteiger partial charge >= 0.3 is 0 Å². The fourth-order valence-corrected chi connectivity index (χ4v) is 2.48. The summed E-state index contributed by atoms with van der Waals surface area (Å²) in [5, 5.41) is 0. The second kappa shape index (κ2) is 6.04. The minimum Gasteiger partial charge on any atom is -0.493 e. The van der Waals surface area contributed by atoms with Crippen LogP contribution in [0.25, 0.3) is 0 Å². The molecule has 2 rings (SSSR count). The van der Waals surface area contributed by atoms with E-state index in [1.54, 1.807) is 13.0 Å². The Kier molecular flexibility index (Phi) is 4.41. The molecular formula is C15H21FO. The van der Waals surface area contributed by atoms with Crippen molar-refractivity contribution < 1.29 is 9.13 Å². The third kappa shape index (κ3) is 3.72. The number of aryl methyl sites for hydroxylation is 1. The molecule has 0 radical (unpaired) electrons. The van der Waals surface area contributed by atoms with E-state index in [9.17, 15) is 4.39 Å². The summed E-state index contributed by atoms with van der Waals surface area (Å²) in [6.07, 6.45) is 7.90. The normalized spacial score (nSPS) is 17.1. The summed E-state index contributed by atoms with van der Waals surface area (Å²) in [4.78, 5) is 0. The average molecular weight is 236 g/mol. The zero-order chi connectivity index (χ0) is 12.1. The molecule has 94 valence electrons. The van der Waals surface area contributed by atoms with Crippen LogP contribution in [-0.2, 0) is 0 Å². The molecule has 1 aliphatic carbocycles. The van der Waals surface area contributed by atoms with Crippen LogP contribution < -0.4 is 4.74 Å². The molecule has 0 aliphatic heterocycles. The van der Waals surface area contributed by atoms with Crippen LogP contribution in [0.5, 0.6) is 5.75 Å². The number of benzene rings is 1. The lowest BCUT2D eigenvalue weighted by Crippen LogP contribution is -2.10. The molecule has 1 aromatic carbocycles. The molecule has 0 amide bonds. The van der Waals surface area contributed by atoms with Crippen LogP contribution in [0, 0.1) is 18.7 Å². The van der Waals surface area contributed by atoms with E-state index in [4.69, 9.17) is 4.74 Å². The number of ether oxygens (including phenoxy) is 1. The molecule has 2 heteroatoms. The third-order valence-electron chi connectivity index (χ3n) is 3.66. The van der Waals surface area contributed by atoms with Crippen LogP contribution in [0.4, 0.5) is 4.39 Å². The summed E-state index contributed by atoms with van der Waals surface area (Å²) in [7, 11) is 0. The van der Waals surface area contributed by atoms with Crippen LogP contribution >= 0.6 is 0 Å². The van der Waals surface area contributed by atoms with E-state index in [0.717, 1.165) is 12.3 Å². The fraction of sp³-hybridized carbons (Fsp3) is 0.600. The van der Waals surface area contributed by atoms with Crippen LogP contribution in [0.3, 0.4) is 0 Å². The Morgan fingerprint density at radius 2 is 2.00 bits per heavy atom. The topological polar surface area (TPSA) is 9.23 Å². The maximum absolute atomic E-state index is 13.3. The monoisotopic (exact) mass is 236 g/mol. The predicted octanol–water partition coefficient (Wildman–Crippen LogP) is 4.48. The van der Waals surface area contributed by atoms with Crippen molar-refractivity contribution in [2.45, 2.75) is 45.4 Å². The Morgan fingerprint density at radius 3 is 2.71 bits per heavy atom. The van der Waals surface area contributed by atoms with Gasteiger partial charge < -0.3 is 4.74 Å². The minimum atomic E-state index is -0.180. The van der Waals surface area contributed by atoms with Gasteiger partial charge in [0.05, 0.1) is 6.61 Å². The highest BCUT2D eigenvalue weighted by molar-refractivity contribution is 5.27. The molecule has 0 bridgehead atoms. The second-order valence-corrected chi connectivity index (χ2v) is 5.05. The van der Waals surface area contributed by atoms with Gasteiger partial charge in [-0.15, -0.1) is 0 Å². The summed E-state index contributed by atoms with van der Waals surface area (Å²) < 4.78 is 18.9. The summed E-state index contributed by atoms with van der Waals surface area (Å²) in [5.74, 6) is 1.29. The lowest BCUT2D eigenvalue weighted by Gasteiger charge is -2.21. The molecule has 0 N–H and O–H groups in total. The Labute approximate surface area is 103 Å². The van der Waals surface area contributed by atoms with Crippen LogP contribution in [0.2, 0.25) is 0 Å². The summed E-state index contributed by atoms with van der Waals surface area (Å²) >= 11 is 0. The maximum Gasteiger partial charge on any atom is 0.129 e. The lowest BCUT2D eigenvalue weighted by molar-refractivity contribution is 0.245. The van der Waals surface area contributed by atoms with Crippen molar-refractivity contribution in [2.75, 3.05) is 6.61 Å². The van der Waals surface area contributed by atoms with E-state index in [1.807, 2.05) is 6.07 Å². The minimum absolute atomic E-state index is 0.180. The van der Waals surface area contributed by atoms with Crippen molar-refractivity contribution in [3.05, 3.63) is 29.6 Å². The van der Waals surface area contributed by atoms with Crippen molar-refractivity contribution >= 4 is 0 Å². The highest BCUT2D eigenvalue weighted by Gasteiger charge is 2.13. The zero-order valence-corrected chi connectivity index (χ0v) is 10.5. The van der Waals surface area contributed by atoms with E-state index in [2.05, 4.69) is 0 Å². The molecule has 1 aromatic rings. The molecule has 0 unspecified atom stereocenters. The van der Waals surface area contributed by atoms with E-state index >= 15 is 0 Å². The Hall–Kier alpha value is -1.05. The molecule has 17 heavy (non-hydrogen) atoms. The molecule has 0 spiro atoms. The van der Waals surface area contributed by atoms with E-state index < -0.39 is 0 Å². The molecule has 1 nitrogen and oxygen atoms in total. The number of hydrogen-bond donors (Lipinski definition) is 0. The first-order valence-electron chi connectivity index (χ1n) is 6.64. The van der Waals surface area contributed by atoms with Gasteiger partial charge in [-0.25, -0.2) is 4.39 Å². The van der Waals surface area contributed by atoms with Gasteiger partial charge in [0.2, 0.25) is 0 Å². The molecule has 1 fully saturated rings. The number of halogens is 1. The summed E-state index contributed by atoms with van der Waals surface area (Å²) in [6.45, 7) is 2.48. The quantitative estimate of drug-likeness (QED) is 0.748. The average Bonchev–Trinajstić information content (AvgIpc) is 2.35. The second-order valence-electron chi connectivity index (χ2n) is 5.05. The standard InChI is InChI=1S/C15H21FO/c1-12-7-8-14(11-15(12)16)17-10-9-13-5-3-2-4-6-13/h7-8,11,13H,2-6,9-10H2,1H3. The summed E-state index contributed by atoms with van der Waals surface area (Å²) in [5.41, 5.74) is 0.671. The Morgan fingerprint density at radius 1 is 1.24 bits per heavy atom. The van der Waals surface area contributed by atoms with Crippen molar-refractivity contribution in [1.82, 2.24) is 0 Å². The van der Waals surface area contributed by atoms with E-state index in [0.29, 0.717) is 17.9 Å². The van der Waals surface area contributed by atoms with Gasteiger partial charge in [0.1, 0.15) is 11.6 Å². The van der Waals surface area contributed by atoms with Crippen LogP contribution in [0.15, 0.2) is 18.2 Å². The maximum atomic E-state index is 13.3. The molecule has 0 saturated heterocycles. The lowest BCUT2D eigenvalue weighted by atomic mass is 9.87. The van der Waals surface area contributed by atoms with Crippen molar-refractivity contribution in [3.63, 3.8) is 0 Å². The molecular weight excluding hydrogens is 215 g/mol. The van der Waals surface area contributed by atoms with Gasteiger partial charge in [-0.3, -0.25) is 0 Å².